The van der Waals surface area contributed by atoms with Crippen LogP contribution in [0, 0.1) is 5.92 Å². The molecular formula is C28H35N7O3S. The predicted molar refractivity (Wildman–Crippen MR) is 152 cm³/mol. The summed E-state index contributed by atoms with van der Waals surface area (Å²) in [5.41, 5.74) is 9.00. The minimum Gasteiger partial charge on any atom is -0.383 e. The number of rotatable bonds is 4. The minimum atomic E-state index is -0.682. The summed E-state index contributed by atoms with van der Waals surface area (Å²) in [5, 5.41) is 3.69. The van der Waals surface area contributed by atoms with Crippen LogP contribution in [0.25, 0.3) is 10.2 Å². The highest BCUT2D eigenvalue weighted by molar-refractivity contribution is 7.18. The molecule has 0 aliphatic carbocycles. The van der Waals surface area contributed by atoms with Gasteiger partial charge in [0.2, 0.25) is 5.91 Å². The Hall–Kier alpha value is -3.57. The molecule has 0 radical (unpaired) electrons. The number of hydrogen-bond acceptors (Lipinski definition) is 8. The number of pyridine rings is 1. The largest absolute Gasteiger partial charge is 0.383 e. The van der Waals surface area contributed by atoms with Crippen molar-refractivity contribution in [3.05, 3.63) is 46.6 Å². The van der Waals surface area contributed by atoms with E-state index in [0.29, 0.717) is 43.5 Å². The maximum atomic E-state index is 13.4. The van der Waals surface area contributed by atoms with Gasteiger partial charge >= 0.3 is 11.8 Å². The Balaban J connectivity index is 1.38. The number of likely N-dealkylation sites (N-methyl/N-ethyl adjacent to an activating group) is 2. The second kappa shape index (κ2) is 10.9. The average Bonchev–Trinajstić information content (AvgIpc) is 3.34. The van der Waals surface area contributed by atoms with E-state index in [1.807, 2.05) is 38.1 Å². The predicted octanol–water partition coefficient (Wildman–Crippen LogP) is 3.22. The molecule has 2 aromatic heterocycles. The quantitative estimate of drug-likeness (QED) is 0.479. The lowest BCUT2D eigenvalue weighted by Gasteiger charge is -2.38. The number of nitrogens with zero attached hydrogens (tertiary/aromatic N) is 5. The molecule has 3 amide bonds. The van der Waals surface area contributed by atoms with Gasteiger partial charge in [0.05, 0.1) is 40.7 Å². The molecule has 0 spiro atoms. The Morgan fingerprint density at radius 3 is 2.72 bits per heavy atom. The van der Waals surface area contributed by atoms with Gasteiger partial charge in [0.1, 0.15) is 10.8 Å². The molecule has 3 atom stereocenters. The first kappa shape index (κ1) is 27.0. The van der Waals surface area contributed by atoms with Gasteiger partial charge in [0, 0.05) is 20.1 Å². The number of nitrogens with one attached hydrogen (secondary N) is 1. The van der Waals surface area contributed by atoms with Crippen LogP contribution < -0.4 is 11.1 Å². The van der Waals surface area contributed by atoms with Crippen LogP contribution in [0.4, 0.5) is 11.5 Å². The number of piperidine rings is 1. The zero-order valence-corrected chi connectivity index (χ0v) is 23.6. The molecule has 206 valence electrons. The smallest absolute Gasteiger partial charge is 0.313 e. The number of aromatic nitrogens is 2. The van der Waals surface area contributed by atoms with Gasteiger partial charge in [0.25, 0.3) is 0 Å². The van der Waals surface area contributed by atoms with Gasteiger partial charge in [-0.3, -0.25) is 19.3 Å². The molecule has 39 heavy (non-hydrogen) atoms. The molecule has 2 aliphatic rings. The van der Waals surface area contributed by atoms with E-state index < -0.39 is 11.8 Å². The number of anilines is 2. The molecule has 0 unspecified atom stereocenters. The molecule has 11 heteroatoms. The van der Waals surface area contributed by atoms with Gasteiger partial charge in [-0.25, -0.2) is 9.97 Å². The Bertz CT molecular complexity index is 1420. The van der Waals surface area contributed by atoms with Crippen molar-refractivity contribution in [2.75, 3.05) is 44.8 Å². The van der Waals surface area contributed by atoms with Crippen molar-refractivity contribution in [1.29, 1.82) is 0 Å². The van der Waals surface area contributed by atoms with Crippen molar-refractivity contribution >= 4 is 50.8 Å². The highest BCUT2D eigenvalue weighted by Gasteiger charge is 2.35. The molecular weight excluding hydrogens is 514 g/mol. The third-order valence-corrected chi connectivity index (χ3v) is 8.94. The number of nitrogens with two attached hydrogens (primary N) is 1. The van der Waals surface area contributed by atoms with E-state index in [-0.39, 0.29) is 18.0 Å². The fraction of sp³-hybridized carbons (Fsp3) is 0.464. The second-order valence-electron chi connectivity index (χ2n) is 10.7. The first-order chi connectivity index (χ1) is 18.6. The molecule has 1 aromatic carbocycles. The van der Waals surface area contributed by atoms with E-state index in [4.69, 9.17) is 10.7 Å². The molecule has 3 aromatic rings. The highest BCUT2D eigenvalue weighted by Crippen LogP contribution is 2.37. The summed E-state index contributed by atoms with van der Waals surface area (Å²) in [4.78, 5) is 53.1. The number of amides is 3. The lowest BCUT2D eigenvalue weighted by atomic mass is 9.89. The fourth-order valence-corrected chi connectivity index (χ4v) is 6.54. The number of carbonyl (C=O) groups excluding carboxylic acids is 3. The number of carbonyl (C=O) groups is 3. The third-order valence-electron chi connectivity index (χ3n) is 7.80. The Morgan fingerprint density at radius 2 is 1.95 bits per heavy atom. The van der Waals surface area contributed by atoms with Crippen molar-refractivity contribution in [1.82, 2.24) is 24.7 Å². The number of likely N-dealkylation sites (tertiary alicyclic amines) is 1. The molecule has 0 saturated carbocycles. The topological polar surface area (TPSA) is 125 Å². The maximum absolute atomic E-state index is 13.4. The summed E-state index contributed by atoms with van der Waals surface area (Å²) >= 11 is 1.63. The summed E-state index contributed by atoms with van der Waals surface area (Å²) < 4.78 is 1.06. The first-order valence-corrected chi connectivity index (χ1v) is 14.2. The molecule has 10 nitrogen and oxygen atoms in total. The van der Waals surface area contributed by atoms with Gasteiger partial charge in [-0.2, -0.15) is 0 Å². The maximum Gasteiger partial charge on any atom is 0.313 e. The number of hydrogen-bond donors (Lipinski definition) is 2. The van der Waals surface area contributed by atoms with Crippen LogP contribution in [-0.4, -0.2) is 76.1 Å². The molecule has 2 aliphatic heterocycles. The summed E-state index contributed by atoms with van der Waals surface area (Å²) in [6.07, 6.45) is 3.88. The first-order valence-electron chi connectivity index (χ1n) is 13.4. The Labute approximate surface area is 232 Å². The molecule has 0 bridgehead atoms. The molecule has 4 heterocycles. The lowest BCUT2D eigenvalue weighted by Crippen LogP contribution is -2.48. The summed E-state index contributed by atoms with van der Waals surface area (Å²) in [5.74, 6) is -0.422. The van der Waals surface area contributed by atoms with E-state index in [0.717, 1.165) is 39.2 Å². The van der Waals surface area contributed by atoms with Crippen molar-refractivity contribution < 1.29 is 14.4 Å². The monoisotopic (exact) mass is 549 g/mol. The van der Waals surface area contributed by atoms with E-state index in [1.54, 1.807) is 27.2 Å². The lowest BCUT2D eigenvalue weighted by molar-refractivity contribution is -0.146. The van der Waals surface area contributed by atoms with E-state index in [1.165, 1.54) is 6.20 Å². The van der Waals surface area contributed by atoms with Crippen LogP contribution >= 0.6 is 11.3 Å². The average molecular weight is 550 g/mol. The summed E-state index contributed by atoms with van der Waals surface area (Å²) in [6.45, 7) is 5.53. The molecule has 2 saturated heterocycles. The van der Waals surface area contributed by atoms with E-state index in [2.05, 4.69) is 23.3 Å². The summed E-state index contributed by atoms with van der Waals surface area (Å²) in [7, 11) is 3.78. The van der Waals surface area contributed by atoms with Gasteiger partial charge in [-0.15, -0.1) is 11.3 Å². The molecule has 2 fully saturated rings. The van der Waals surface area contributed by atoms with Crippen LogP contribution in [0.3, 0.4) is 0 Å². The van der Waals surface area contributed by atoms with Gasteiger partial charge in [-0.1, -0.05) is 19.9 Å². The third kappa shape index (κ3) is 5.46. The van der Waals surface area contributed by atoms with Crippen molar-refractivity contribution in [3.63, 3.8) is 0 Å². The van der Waals surface area contributed by atoms with Crippen LogP contribution in [0.5, 0.6) is 0 Å². The summed E-state index contributed by atoms with van der Waals surface area (Å²) in [6, 6.07) is 7.73. The normalized spacial score (nSPS) is 22.4. The number of nitrogen functional groups attached to an aromatic ring is 1. The Kier molecular flexibility index (Phi) is 7.55. The second-order valence-corrected chi connectivity index (χ2v) is 11.8. The molecule has 3 N–H and O–H groups in total. The number of fused-ring (bicyclic) bond motifs is 1. The van der Waals surface area contributed by atoms with Crippen LogP contribution in [0.1, 0.15) is 54.9 Å². The van der Waals surface area contributed by atoms with Crippen molar-refractivity contribution in [3.8, 4) is 0 Å². The number of piperazine rings is 1. The van der Waals surface area contributed by atoms with E-state index >= 15 is 0 Å². The number of benzene rings is 1. The number of thiazole rings is 1. The minimum absolute atomic E-state index is 0.0434. The van der Waals surface area contributed by atoms with Crippen molar-refractivity contribution in [2.45, 2.75) is 45.2 Å². The zero-order valence-electron chi connectivity index (χ0n) is 22.8. The van der Waals surface area contributed by atoms with Crippen LogP contribution in [0.15, 0.2) is 30.5 Å². The van der Waals surface area contributed by atoms with Gasteiger partial charge in [0.15, 0.2) is 0 Å². The Morgan fingerprint density at radius 1 is 1.15 bits per heavy atom. The van der Waals surface area contributed by atoms with E-state index in [9.17, 15) is 14.4 Å². The zero-order chi connectivity index (χ0) is 27.8. The van der Waals surface area contributed by atoms with Crippen LogP contribution in [0.2, 0.25) is 0 Å². The van der Waals surface area contributed by atoms with Crippen LogP contribution in [-0.2, 0) is 20.8 Å². The molecule has 5 rings (SSSR count). The standard InChI is InChI=1S/C28H35N7O3S/c1-5-17-10-19(12-30-25(17)29)31-26(37)28(38)35-13-16(2)6-8-21(35)18-7-9-23-20(11-18)32-27(39-23)22-14-34(4)24(36)15-33(22)3/h7,9-12,16,21-22H,5-6,8,13-15H2,1-4H3,(H2,29,30)(H,31,37)/t16-,21+,22+/m0/s1. The highest BCUT2D eigenvalue weighted by atomic mass is 32.1. The van der Waals surface area contributed by atoms with Crippen molar-refractivity contribution in [2.24, 2.45) is 5.92 Å². The van der Waals surface area contributed by atoms with Gasteiger partial charge in [-0.05, 0) is 61.6 Å². The number of aryl methyl sites for hydroxylation is 1. The van der Waals surface area contributed by atoms with Gasteiger partial charge < -0.3 is 20.9 Å². The fourth-order valence-electron chi connectivity index (χ4n) is 5.43. The SMILES string of the molecule is CCc1cc(NC(=O)C(=O)N2C[C@@H](C)CC[C@@H]2c2ccc3sc([C@H]4CN(C)C(=O)CN4C)nc3c2)cnc1N.